The molecule has 0 aromatic heterocycles. The first-order chi connectivity index (χ1) is 7.29. The van der Waals surface area contributed by atoms with Gasteiger partial charge >= 0.3 is 6.18 Å². The van der Waals surface area contributed by atoms with Gasteiger partial charge in [-0.1, -0.05) is 30.3 Å². The van der Waals surface area contributed by atoms with Crippen molar-refractivity contribution in [2.75, 3.05) is 0 Å². The Kier molecular flexibility index (Phi) is 3.97. The van der Waals surface area contributed by atoms with Crippen LogP contribution in [0.4, 0.5) is 13.2 Å². The molecule has 0 bridgehead atoms. The van der Waals surface area contributed by atoms with Gasteiger partial charge in [-0.05, 0) is 19.4 Å². The van der Waals surface area contributed by atoms with E-state index in [4.69, 9.17) is 0 Å². The first-order valence-electron chi connectivity index (χ1n) is 5.14. The standard InChI is InChI=1S/C12H16F3N/c1-11(2,9-12(13,14)15)16-8-10-6-4-3-5-7-10/h3-7,16H,8-9H2,1-2H3. The molecule has 1 rings (SSSR count). The van der Waals surface area contributed by atoms with Gasteiger partial charge in [-0.25, -0.2) is 0 Å². The Labute approximate surface area is 93.7 Å². The van der Waals surface area contributed by atoms with E-state index in [0.717, 1.165) is 5.56 Å². The molecule has 4 heteroatoms. The molecule has 0 amide bonds. The van der Waals surface area contributed by atoms with Crippen molar-refractivity contribution in [2.24, 2.45) is 0 Å². The third kappa shape index (κ3) is 5.16. The molecule has 90 valence electrons. The summed E-state index contributed by atoms with van der Waals surface area (Å²) < 4.78 is 36.7. The number of halogens is 3. The Morgan fingerprint density at radius 1 is 1.06 bits per heavy atom. The van der Waals surface area contributed by atoms with E-state index in [-0.39, 0.29) is 0 Å². The van der Waals surface area contributed by atoms with Crippen LogP contribution in [0.2, 0.25) is 0 Å². The molecule has 16 heavy (non-hydrogen) atoms. The van der Waals surface area contributed by atoms with Gasteiger partial charge in [-0.15, -0.1) is 0 Å². The third-order valence-corrected chi connectivity index (χ3v) is 2.26. The van der Waals surface area contributed by atoms with Gasteiger partial charge in [0.1, 0.15) is 0 Å². The zero-order valence-corrected chi connectivity index (χ0v) is 9.43. The minimum atomic E-state index is -4.13. The predicted octanol–water partition coefficient (Wildman–Crippen LogP) is 3.51. The highest BCUT2D eigenvalue weighted by atomic mass is 19.4. The lowest BCUT2D eigenvalue weighted by Crippen LogP contribution is -2.42. The van der Waals surface area contributed by atoms with E-state index >= 15 is 0 Å². The summed E-state index contributed by atoms with van der Waals surface area (Å²) in [6.45, 7) is 3.57. The highest BCUT2D eigenvalue weighted by Crippen LogP contribution is 2.27. The van der Waals surface area contributed by atoms with Crippen molar-refractivity contribution in [3.05, 3.63) is 35.9 Å². The highest BCUT2D eigenvalue weighted by Gasteiger charge is 2.35. The summed E-state index contributed by atoms with van der Waals surface area (Å²) in [4.78, 5) is 0. The first kappa shape index (κ1) is 13.0. The molecule has 1 nitrogen and oxygen atoms in total. The number of benzene rings is 1. The average Bonchev–Trinajstić information content (AvgIpc) is 2.13. The van der Waals surface area contributed by atoms with E-state index < -0.39 is 18.1 Å². The zero-order valence-electron chi connectivity index (χ0n) is 9.43. The lowest BCUT2D eigenvalue weighted by atomic mass is 10.00. The summed E-state index contributed by atoms with van der Waals surface area (Å²) in [6, 6.07) is 9.39. The Hall–Kier alpha value is -1.03. The Balaban J connectivity index is 2.48. The SMILES string of the molecule is CC(C)(CC(F)(F)F)NCc1ccccc1. The normalized spacial score (nSPS) is 12.8. The zero-order chi connectivity index (χ0) is 12.2. The van der Waals surface area contributed by atoms with Crippen molar-refractivity contribution in [1.29, 1.82) is 0 Å². The number of alkyl halides is 3. The summed E-state index contributed by atoms with van der Waals surface area (Å²) in [6.07, 6.45) is -4.96. The first-order valence-corrected chi connectivity index (χ1v) is 5.14. The molecule has 0 aliphatic heterocycles. The van der Waals surface area contributed by atoms with Crippen LogP contribution in [0.15, 0.2) is 30.3 Å². The van der Waals surface area contributed by atoms with Crippen LogP contribution in [0.25, 0.3) is 0 Å². The third-order valence-electron chi connectivity index (χ3n) is 2.26. The van der Waals surface area contributed by atoms with Gasteiger partial charge in [0.05, 0.1) is 6.42 Å². The lowest BCUT2D eigenvalue weighted by molar-refractivity contribution is -0.147. The van der Waals surface area contributed by atoms with Crippen LogP contribution in [0.5, 0.6) is 0 Å². The molecule has 0 saturated carbocycles. The second-order valence-corrected chi connectivity index (χ2v) is 4.51. The van der Waals surface area contributed by atoms with E-state index in [2.05, 4.69) is 5.32 Å². The molecule has 0 saturated heterocycles. The van der Waals surface area contributed by atoms with Crippen molar-refractivity contribution in [2.45, 2.75) is 38.5 Å². The van der Waals surface area contributed by atoms with Crippen molar-refractivity contribution < 1.29 is 13.2 Å². The number of hydrogen-bond acceptors (Lipinski definition) is 1. The van der Waals surface area contributed by atoms with Gasteiger partial charge in [0.15, 0.2) is 0 Å². The molecule has 0 fully saturated rings. The van der Waals surface area contributed by atoms with Crippen LogP contribution in [0.3, 0.4) is 0 Å². The molecular formula is C12H16F3N. The Bertz CT molecular complexity index is 317. The quantitative estimate of drug-likeness (QED) is 0.836. The minimum absolute atomic E-state index is 0.448. The molecular weight excluding hydrogens is 215 g/mol. The van der Waals surface area contributed by atoms with Crippen molar-refractivity contribution >= 4 is 0 Å². The van der Waals surface area contributed by atoms with Crippen LogP contribution in [0.1, 0.15) is 25.8 Å². The van der Waals surface area contributed by atoms with Gasteiger partial charge in [0.2, 0.25) is 0 Å². The van der Waals surface area contributed by atoms with E-state index in [0.29, 0.717) is 6.54 Å². The van der Waals surface area contributed by atoms with Gasteiger partial charge in [0.25, 0.3) is 0 Å². The van der Waals surface area contributed by atoms with Crippen LogP contribution in [0, 0.1) is 0 Å². The highest BCUT2D eigenvalue weighted by molar-refractivity contribution is 5.14. The molecule has 0 unspecified atom stereocenters. The van der Waals surface area contributed by atoms with E-state index in [9.17, 15) is 13.2 Å². The average molecular weight is 231 g/mol. The Morgan fingerprint density at radius 2 is 1.62 bits per heavy atom. The molecule has 1 aromatic rings. The molecule has 0 radical (unpaired) electrons. The topological polar surface area (TPSA) is 12.0 Å². The van der Waals surface area contributed by atoms with Crippen LogP contribution in [-0.2, 0) is 6.54 Å². The molecule has 0 heterocycles. The molecule has 0 atom stereocenters. The fourth-order valence-electron chi connectivity index (χ4n) is 1.50. The second kappa shape index (κ2) is 4.87. The van der Waals surface area contributed by atoms with Crippen molar-refractivity contribution in [3.63, 3.8) is 0 Å². The van der Waals surface area contributed by atoms with Gasteiger partial charge in [0, 0.05) is 12.1 Å². The predicted molar refractivity (Wildman–Crippen MR) is 58.0 cm³/mol. The molecule has 0 spiro atoms. The van der Waals surface area contributed by atoms with Gasteiger partial charge in [-0.2, -0.15) is 13.2 Å². The van der Waals surface area contributed by atoms with Crippen LogP contribution in [-0.4, -0.2) is 11.7 Å². The lowest BCUT2D eigenvalue weighted by Gasteiger charge is -2.27. The molecule has 1 N–H and O–H groups in total. The Morgan fingerprint density at radius 3 is 2.12 bits per heavy atom. The fourth-order valence-corrected chi connectivity index (χ4v) is 1.50. The fraction of sp³-hybridized carbons (Fsp3) is 0.500. The maximum absolute atomic E-state index is 12.2. The maximum atomic E-state index is 12.2. The van der Waals surface area contributed by atoms with E-state index in [1.807, 2.05) is 30.3 Å². The summed E-state index contributed by atoms with van der Waals surface area (Å²) in [5, 5.41) is 2.91. The summed E-state index contributed by atoms with van der Waals surface area (Å²) in [7, 11) is 0. The summed E-state index contributed by atoms with van der Waals surface area (Å²) >= 11 is 0. The van der Waals surface area contributed by atoms with Crippen LogP contribution < -0.4 is 5.32 Å². The summed E-state index contributed by atoms with van der Waals surface area (Å²) in [5.41, 5.74) is 0.0476. The molecule has 0 aliphatic carbocycles. The largest absolute Gasteiger partial charge is 0.390 e. The van der Waals surface area contributed by atoms with E-state index in [1.54, 1.807) is 13.8 Å². The summed E-state index contributed by atoms with van der Waals surface area (Å²) in [5.74, 6) is 0. The van der Waals surface area contributed by atoms with Crippen molar-refractivity contribution in [3.8, 4) is 0 Å². The monoisotopic (exact) mass is 231 g/mol. The van der Waals surface area contributed by atoms with Crippen LogP contribution >= 0.6 is 0 Å². The molecule has 1 aromatic carbocycles. The van der Waals surface area contributed by atoms with Crippen molar-refractivity contribution in [1.82, 2.24) is 5.32 Å². The number of hydrogen-bond donors (Lipinski definition) is 1. The number of rotatable bonds is 4. The minimum Gasteiger partial charge on any atom is -0.307 e. The smallest absolute Gasteiger partial charge is 0.307 e. The van der Waals surface area contributed by atoms with Gasteiger partial charge < -0.3 is 5.32 Å². The number of nitrogens with one attached hydrogen (secondary N) is 1. The second-order valence-electron chi connectivity index (χ2n) is 4.51. The van der Waals surface area contributed by atoms with Gasteiger partial charge in [-0.3, -0.25) is 0 Å². The maximum Gasteiger partial charge on any atom is 0.390 e. The molecule has 0 aliphatic rings. The van der Waals surface area contributed by atoms with E-state index in [1.165, 1.54) is 0 Å².